The molecule has 0 saturated heterocycles. The second kappa shape index (κ2) is 4.27. The molecule has 0 spiro atoms. The third-order valence-electron chi connectivity index (χ3n) is 2.41. The van der Waals surface area contributed by atoms with Crippen LogP contribution in [-0.2, 0) is 6.42 Å². The molecule has 0 atom stereocenters. The first kappa shape index (κ1) is 9.92. The Bertz CT molecular complexity index is 362. The molecule has 15 heavy (non-hydrogen) atoms. The third-order valence-corrected chi connectivity index (χ3v) is 2.41. The Labute approximate surface area is 87.5 Å². The van der Waals surface area contributed by atoms with Crippen molar-refractivity contribution in [3.8, 4) is 0 Å². The second-order valence-corrected chi connectivity index (χ2v) is 3.51. The van der Waals surface area contributed by atoms with Gasteiger partial charge >= 0.3 is 0 Å². The molecule has 78 valence electrons. The molecule has 1 heterocycles. The van der Waals surface area contributed by atoms with E-state index in [0.717, 1.165) is 6.42 Å². The van der Waals surface area contributed by atoms with Crippen LogP contribution in [-0.4, -0.2) is 17.4 Å². The third kappa shape index (κ3) is 2.24. The molecule has 1 aromatic carbocycles. The Morgan fingerprint density at radius 2 is 1.73 bits per heavy atom. The van der Waals surface area contributed by atoms with Gasteiger partial charge in [0, 0.05) is 6.42 Å². The van der Waals surface area contributed by atoms with Gasteiger partial charge < -0.3 is 5.11 Å². The summed E-state index contributed by atoms with van der Waals surface area (Å²) in [7, 11) is 0. The van der Waals surface area contributed by atoms with Gasteiger partial charge in [-0.15, -0.1) is 10.2 Å². The maximum Gasteiger partial charge on any atom is 0.218 e. The maximum absolute atomic E-state index is 9.19. The number of aryl methyl sites for hydroxylation is 1. The number of rotatable bonds is 4. The summed E-state index contributed by atoms with van der Waals surface area (Å²) < 4.78 is 0. The van der Waals surface area contributed by atoms with E-state index in [1.807, 2.05) is 30.3 Å². The zero-order chi connectivity index (χ0) is 10.6. The van der Waals surface area contributed by atoms with Crippen LogP contribution in [0.25, 0.3) is 0 Å². The summed E-state index contributed by atoms with van der Waals surface area (Å²) >= 11 is 0. The average Bonchev–Trinajstić information content (AvgIpc) is 2.77. The number of hydrogen-bond acceptors (Lipinski definition) is 5. The van der Waals surface area contributed by atoms with E-state index in [9.17, 15) is 5.11 Å². The highest BCUT2D eigenvalue weighted by molar-refractivity contribution is 5.15. The minimum absolute atomic E-state index is 0.146. The normalized spacial score (nSPS) is 17.1. The van der Waals surface area contributed by atoms with Gasteiger partial charge in [0.1, 0.15) is 0 Å². The second-order valence-electron chi connectivity index (χ2n) is 3.51. The van der Waals surface area contributed by atoms with Crippen LogP contribution < -0.4 is 0 Å². The van der Waals surface area contributed by atoms with Gasteiger partial charge in [-0.1, -0.05) is 30.3 Å². The highest BCUT2D eigenvalue weighted by Gasteiger charge is 2.31. The van der Waals surface area contributed by atoms with Crippen molar-refractivity contribution in [2.75, 3.05) is 6.61 Å². The number of aliphatic hydroxyl groups is 1. The Morgan fingerprint density at radius 3 is 2.33 bits per heavy atom. The molecule has 1 aliphatic heterocycles. The lowest BCUT2D eigenvalue weighted by Crippen LogP contribution is -2.27. The number of nitrogens with zero attached hydrogens (tertiary/aromatic N) is 4. The van der Waals surface area contributed by atoms with E-state index < -0.39 is 5.66 Å². The van der Waals surface area contributed by atoms with Gasteiger partial charge in [0.2, 0.25) is 5.66 Å². The van der Waals surface area contributed by atoms with Gasteiger partial charge in [-0.2, -0.15) is 0 Å². The van der Waals surface area contributed by atoms with E-state index in [2.05, 4.69) is 20.7 Å². The van der Waals surface area contributed by atoms with Crippen molar-refractivity contribution in [1.82, 2.24) is 0 Å². The van der Waals surface area contributed by atoms with Crippen molar-refractivity contribution in [2.45, 2.75) is 18.5 Å². The monoisotopic (exact) mass is 204 g/mol. The molecule has 5 heteroatoms. The topological polar surface area (TPSA) is 69.7 Å². The largest absolute Gasteiger partial charge is 0.392 e. The van der Waals surface area contributed by atoms with Crippen LogP contribution in [0, 0.1) is 0 Å². The Morgan fingerprint density at radius 1 is 1.07 bits per heavy atom. The molecular weight excluding hydrogens is 192 g/mol. The summed E-state index contributed by atoms with van der Waals surface area (Å²) in [6.45, 7) is -0.146. The molecule has 0 saturated carbocycles. The van der Waals surface area contributed by atoms with Crippen LogP contribution in [0.5, 0.6) is 0 Å². The first-order valence-electron chi connectivity index (χ1n) is 4.83. The molecule has 1 aromatic rings. The van der Waals surface area contributed by atoms with Crippen LogP contribution in [0.2, 0.25) is 0 Å². The van der Waals surface area contributed by atoms with Crippen LogP contribution in [0.4, 0.5) is 0 Å². The van der Waals surface area contributed by atoms with Crippen LogP contribution in [0.1, 0.15) is 12.0 Å². The molecule has 0 aromatic heterocycles. The first-order chi connectivity index (χ1) is 7.35. The fourth-order valence-corrected chi connectivity index (χ4v) is 1.46. The van der Waals surface area contributed by atoms with Gasteiger partial charge in [0.15, 0.2) is 0 Å². The van der Waals surface area contributed by atoms with E-state index in [1.165, 1.54) is 5.56 Å². The molecular formula is C10H12N4O. The molecule has 0 amide bonds. The van der Waals surface area contributed by atoms with Crippen molar-refractivity contribution in [3.05, 3.63) is 35.9 Å². The van der Waals surface area contributed by atoms with Crippen molar-refractivity contribution in [3.63, 3.8) is 0 Å². The summed E-state index contributed by atoms with van der Waals surface area (Å²) in [5, 5.41) is 23.8. The van der Waals surface area contributed by atoms with E-state index in [0.29, 0.717) is 6.42 Å². The smallest absolute Gasteiger partial charge is 0.218 e. The molecule has 0 fully saturated rings. The molecule has 1 aliphatic rings. The summed E-state index contributed by atoms with van der Waals surface area (Å²) in [5.74, 6) is 0. The minimum Gasteiger partial charge on any atom is -0.392 e. The van der Waals surface area contributed by atoms with Gasteiger partial charge in [-0.25, -0.2) is 0 Å². The zero-order valence-corrected chi connectivity index (χ0v) is 8.24. The zero-order valence-electron chi connectivity index (χ0n) is 8.24. The Hall–Kier alpha value is -1.62. The van der Waals surface area contributed by atoms with Gasteiger partial charge in [-0.05, 0) is 22.4 Å². The number of benzene rings is 1. The lowest BCUT2D eigenvalue weighted by molar-refractivity contribution is 0.193. The SMILES string of the molecule is OCC1(CCc2ccccc2)N=NN=N1. The van der Waals surface area contributed by atoms with Crippen molar-refractivity contribution >= 4 is 0 Å². The predicted octanol–water partition coefficient (Wildman–Crippen LogP) is 2.14. The van der Waals surface area contributed by atoms with E-state index >= 15 is 0 Å². The Balaban J connectivity index is 1.98. The first-order valence-corrected chi connectivity index (χ1v) is 4.83. The highest BCUT2D eigenvalue weighted by Crippen LogP contribution is 2.25. The van der Waals surface area contributed by atoms with Crippen LogP contribution >= 0.6 is 0 Å². The quantitative estimate of drug-likeness (QED) is 0.801. The predicted molar refractivity (Wildman–Crippen MR) is 54.3 cm³/mol. The lowest BCUT2D eigenvalue weighted by atomic mass is 10.0. The molecule has 0 aliphatic carbocycles. The van der Waals surface area contributed by atoms with E-state index in [4.69, 9.17) is 0 Å². The fraction of sp³-hybridized carbons (Fsp3) is 0.400. The molecule has 2 rings (SSSR count). The van der Waals surface area contributed by atoms with Crippen LogP contribution in [0.3, 0.4) is 0 Å². The summed E-state index contributed by atoms with van der Waals surface area (Å²) in [6.07, 6.45) is 1.43. The number of aliphatic hydroxyl groups excluding tert-OH is 1. The minimum atomic E-state index is -0.837. The standard InChI is InChI=1S/C10H12N4O/c15-8-10(11-13-14-12-10)7-6-9-4-2-1-3-5-9/h1-5,15H,6-8H2. The van der Waals surface area contributed by atoms with E-state index in [1.54, 1.807) is 0 Å². The van der Waals surface area contributed by atoms with Crippen molar-refractivity contribution < 1.29 is 5.11 Å². The summed E-state index contributed by atoms with van der Waals surface area (Å²) in [4.78, 5) is 0. The molecule has 0 unspecified atom stereocenters. The van der Waals surface area contributed by atoms with Gasteiger partial charge in [0.05, 0.1) is 6.61 Å². The maximum atomic E-state index is 9.19. The lowest BCUT2D eigenvalue weighted by Gasteiger charge is -2.15. The van der Waals surface area contributed by atoms with E-state index in [-0.39, 0.29) is 6.61 Å². The van der Waals surface area contributed by atoms with Gasteiger partial charge in [-0.3, -0.25) is 0 Å². The molecule has 1 N–H and O–H groups in total. The van der Waals surface area contributed by atoms with Crippen LogP contribution in [0.15, 0.2) is 51.0 Å². The van der Waals surface area contributed by atoms with Crippen molar-refractivity contribution in [1.29, 1.82) is 0 Å². The Kier molecular flexibility index (Phi) is 2.82. The molecule has 0 radical (unpaired) electrons. The molecule has 0 bridgehead atoms. The molecule has 5 nitrogen and oxygen atoms in total. The number of hydrogen-bond donors (Lipinski definition) is 1. The van der Waals surface area contributed by atoms with Gasteiger partial charge in [0.25, 0.3) is 0 Å². The summed E-state index contributed by atoms with van der Waals surface area (Å²) in [6, 6.07) is 10.0. The highest BCUT2D eigenvalue weighted by atomic mass is 16.3. The fourth-order valence-electron chi connectivity index (χ4n) is 1.46. The summed E-state index contributed by atoms with van der Waals surface area (Å²) in [5.41, 5.74) is 0.359. The average molecular weight is 204 g/mol. The van der Waals surface area contributed by atoms with Crippen molar-refractivity contribution in [2.24, 2.45) is 20.7 Å².